The number of carbonyl (C=O) groups excluding carboxylic acids is 1. The van der Waals surface area contributed by atoms with Crippen molar-refractivity contribution in [3.05, 3.63) is 34.9 Å². The highest BCUT2D eigenvalue weighted by molar-refractivity contribution is 5.85. The van der Waals surface area contributed by atoms with Gasteiger partial charge in [-0.05, 0) is 61.1 Å². The Morgan fingerprint density at radius 1 is 1.08 bits per heavy atom. The number of benzene rings is 1. The van der Waals surface area contributed by atoms with Crippen LogP contribution >= 0.6 is 12.4 Å². The molecule has 2 aliphatic rings. The Balaban J connectivity index is 0.00000208. The van der Waals surface area contributed by atoms with Crippen LogP contribution in [0.5, 0.6) is 0 Å². The van der Waals surface area contributed by atoms with Crippen LogP contribution in [-0.4, -0.2) is 18.5 Å². The standard InChI is InChI=1S/C20H30N2O.ClH/c21-14-19(17-7-2-1-3-8-17)22-20(23)13-15-10-11-16-6-4-5-9-18(16)12-15;/h10-12,17,19H,1-9,13-14,21H2,(H,22,23);1H. The van der Waals surface area contributed by atoms with E-state index in [9.17, 15) is 4.79 Å². The zero-order valence-corrected chi connectivity index (χ0v) is 15.4. The Morgan fingerprint density at radius 3 is 2.50 bits per heavy atom. The molecule has 1 aromatic rings. The lowest BCUT2D eigenvalue weighted by molar-refractivity contribution is -0.121. The molecule has 134 valence electrons. The number of halogens is 1. The Labute approximate surface area is 152 Å². The average Bonchev–Trinajstić information content (AvgIpc) is 2.60. The number of rotatable bonds is 5. The van der Waals surface area contributed by atoms with E-state index in [1.165, 1.54) is 62.5 Å². The van der Waals surface area contributed by atoms with E-state index in [-0.39, 0.29) is 24.4 Å². The van der Waals surface area contributed by atoms with E-state index in [1.807, 2.05) is 0 Å². The molecule has 0 bridgehead atoms. The quantitative estimate of drug-likeness (QED) is 0.853. The van der Waals surface area contributed by atoms with Gasteiger partial charge >= 0.3 is 0 Å². The molecule has 24 heavy (non-hydrogen) atoms. The van der Waals surface area contributed by atoms with Gasteiger partial charge < -0.3 is 11.1 Å². The van der Waals surface area contributed by atoms with E-state index in [2.05, 4.69) is 23.5 Å². The van der Waals surface area contributed by atoms with Crippen molar-refractivity contribution in [2.75, 3.05) is 6.54 Å². The third kappa shape index (κ3) is 4.97. The van der Waals surface area contributed by atoms with Gasteiger partial charge in [0, 0.05) is 12.6 Å². The van der Waals surface area contributed by atoms with E-state index in [1.54, 1.807) is 0 Å². The van der Waals surface area contributed by atoms with Crippen LogP contribution in [0.1, 0.15) is 61.6 Å². The molecule has 1 atom stereocenters. The number of hydrogen-bond acceptors (Lipinski definition) is 2. The first-order valence-corrected chi connectivity index (χ1v) is 9.36. The first-order chi connectivity index (χ1) is 11.3. The first-order valence-electron chi connectivity index (χ1n) is 9.36. The number of aryl methyl sites for hydroxylation is 2. The fourth-order valence-electron chi connectivity index (χ4n) is 4.25. The van der Waals surface area contributed by atoms with Crippen LogP contribution in [-0.2, 0) is 24.1 Å². The monoisotopic (exact) mass is 350 g/mol. The minimum atomic E-state index is 0. The van der Waals surface area contributed by atoms with Gasteiger partial charge in [0.05, 0.1) is 6.42 Å². The molecule has 0 heterocycles. The Hall–Kier alpha value is -1.06. The predicted octanol–water partition coefficient (Wildman–Crippen LogP) is 3.55. The van der Waals surface area contributed by atoms with Gasteiger partial charge in [-0.1, -0.05) is 37.5 Å². The summed E-state index contributed by atoms with van der Waals surface area (Å²) in [6, 6.07) is 6.74. The number of fused-ring (bicyclic) bond motifs is 1. The summed E-state index contributed by atoms with van der Waals surface area (Å²) in [6.45, 7) is 0.556. The molecule has 1 saturated carbocycles. The van der Waals surface area contributed by atoms with Crippen molar-refractivity contribution in [1.82, 2.24) is 5.32 Å². The number of carbonyl (C=O) groups is 1. The molecule has 0 spiro atoms. The van der Waals surface area contributed by atoms with E-state index < -0.39 is 0 Å². The molecule has 3 nitrogen and oxygen atoms in total. The predicted molar refractivity (Wildman–Crippen MR) is 102 cm³/mol. The van der Waals surface area contributed by atoms with Gasteiger partial charge in [-0.25, -0.2) is 0 Å². The average molecular weight is 351 g/mol. The van der Waals surface area contributed by atoms with Crippen molar-refractivity contribution < 1.29 is 4.79 Å². The Kier molecular flexibility index (Phi) is 7.57. The molecule has 2 aliphatic carbocycles. The maximum atomic E-state index is 12.4. The molecule has 0 saturated heterocycles. The minimum Gasteiger partial charge on any atom is -0.352 e. The van der Waals surface area contributed by atoms with E-state index in [0.717, 1.165) is 12.0 Å². The smallest absolute Gasteiger partial charge is 0.224 e. The molecule has 3 N–H and O–H groups in total. The first kappa shape index (κ1) is 19.3. The number of nitrogens with one attached hydrogen (secondary N) is 1. The Morgan fingerprint density at radius 2 is 1.79 bits per heavy atom. The summed E-state index contributed by atoms with van der Waals surface area (Å²) in [5.41, 5.74) is 9.99. The maximum absolute atomic E-state index is 12.4. The van der Waals surface area contributed by atoms with Crippen molar-refractivity contribution in [2.24, 2.45) is 11.7 Å². The third-order valence-electron chi connectivity index (χ3n) is 5.60. The SMILES string of the molecule is Cl.NCC(NC(=O)Cc1ccc2c(c1)CCCC2)C1CCCCC1. The van der Waals surface area contributed by atoms with Crippen molar-refractivity contribution in [3.8, 4) is 0 Å². The molecular weight excluding hydrogens is 320 g/mol. The number of nitrogens with two attached hydrogens (primary N) is 1. The topological polar surface area (TPSA) is 55.1 Å². The highest BCUT2D eigenvalue weighted by atomic mass is 35.5. The third-order valence-corrected chi connectivity index (χ3v) is 5.60. The maximum Gasteiger partial charge on any atom is 0.224 e. The van der Waals surface area contributed by atoms with Crippen molar-refractivity contribution in [2.45, 2.75) is 70.3 Å². The lowest BCUT2D eigenvalue weighted by Crippen LogP contribution is -2.46. The summed E-state index contributed by atoms with van der Waals surface area (Å²) in [4.78, 5) is 12.4. The molecule has 0 aliphatic heterocycles. The minimum absolute atomic E-state index is 0. The molecular formula is C20H31ClN2O. The van der Waals surface area contributed by atoms with Gasteiger partial charge in [-0.3, -0.25) is 4.79 Å². The van der Waals surface area contributed by atoms with E-state index >= 15 is 0 Å². The summed E-state index contributed by atoms with van der Waals surface area (Å²) in [5, 5.41) is 3.20. The summed E-state index contributed by atoms with van der Waals surface area (Å²) < 4.78 is 0. The molecule has 0 aromatic heterocycles. The second-order valence-corrected chi connectivity index (χ2v) is 7.29. The lowest BCUT2D eigenvalue weighted by Gasteiger charge is -2.30. The van der Waals surface area contributed by atoms with Gasteiger partial charge in [0.1, 0.15) is 0 Å². The summed E-state index contributed by atoms with van der Waals surface area (Å²) in [6.07, 6.45) is 11.7. The normalized spacial score (nSPS) is 19.0. The van der Waals surface area contributed by atoms with E-state index in [0.29, 0.717) is 18.9 Å². The fourth-order valence-corrected chi connectivity index (χ4v) is 4.25. The van der Waals surface area contributed by atoms with Gasteiger partial charge in [-0.15, -0.1) is 12.4 Å². The van der Waals surface area contributed by atoms with Crippen LogP contribution in [0.2, 0.25) is 0 Å². The van der Waals surface area contributed by atoms with Crippen LogP contribution in [0.3, 0.4) is 0 Å². The number of hydrogen-bond donors (Lipinski definition) is 2. The zero-order chi connectivity index (χ0) is 16.1. The largest absolute Gasteiger partial charge is 0.352 e. The van der Waals surface area contributed by atoms with Crippen molar-refractivity contribution >= 4 is 18.3 Å². The highest BCUT2D eigenvalue weighted by Gasteiger charge is 2.24. The second-order valence-electron chi connectivity index (χ2n) is 7.29. The molecule has 0 radical (unpaired) electrons. The second kappa shape index (κ2) is 9.43. The zero-order valence-electron chi connectivity index (χ0n) is 14.6. The van der Waals surface area contributed by atoms with Crippen molar-refractivity contribution in [1.29, 1.82) is 0 Å². The molecule has 1 amide bonds. The summed E-state index contributed by atoms with van der Waals surface area (Å²) in [5.74, 6) is 0.697. The summed E-state index contributed by atoms with van der Waals surface area (Å²) >= 11 is 0. The van der Waals surface area contributed by atoms with Crippen LogP contribution in [0, 0.1) is 5.92 Å². The van der Waals surface area contributed by atoms with Crippen LogP contribution < -0.4 is 11.1 Å². The van der Waals surface area contributed by atoms with Gasteiger partial charge in [-0.2, -0.15) is 0 Å². The fraction of sp³-hybridized carbons (Fsp3) is 0.650. The van der Waals surface area contributed by atoms with Crippen LogP contribution in [0.4, 0.5) is 0 Å². The molecule has 1 unspecified atom stereocenters. The highest BCUT2D eigenvalue weighted by Crippen LogP contribution is 2.26. The van der Waals surface area contributed by atoms with Crippen LogP contribution in [0.15, 0.2) is 18.2 Å². The number of amides is 1. The van der Waals surface area contributed by atoms with Gasteiger partial charge in [0.2, 0.25) is 5.91 Å². The molecule has 3 rings (SSSR count). The van der Waals surface area contributed by atoms with Gasteiger partial charge in [0.25, 0.3) is 0 Å². The molecule has 4 heteroatoms. The van der Waals surface area contributed by atoms with E-state index in [4.69, 9.17) is 5.73 Å². The van der Waals surface area contributed by atoms with Crippen LogP contribution in [0.25, 0.3) is 0 Å². The van der Waals surface area contributed by atoms with Gasteiger partial charge in [0.15, 0.2) is 0 Å². The molecule has 1 aromatic carbocycles. The summed E-state index contributed by atoms with van der Waals surface area (Å²) in [7, 11) is 0. The molecule has 1 fully saturated rings. The Bertz CT molecular complexity index is 540. The lowest BCUT2D eigenvalue weighted by atomic mass is 9.84. The van der Waals surface area contributed by atoms with Crippen molar-refractivity contribution in [3.63, 3.8) is 0 Å².